The third-order valence-corrected chi connectivity index (χ3v) is 4.85. The maximum absolute atomic E-state index is 12.9. The fraction of sp³-hybridized carbons (Fsp3) is 0.526. The molecule has 1 aromatic rings. The molecule has 0 radical (unpaired) electrons. The first-order chi connectivity index (χ1) is 13.2. The van der Waals surface area contributed by atoms with Crippen LogP contribution in [0.15, 0.2) is 24.3 Å². The summed E-state index contributed by atoms with van der Waals surface area (Å²) in [6.45, 7) is 2.30. The Labute approximate surface area is 162 Å². The first-order valence-electron chi connectivity index (χ1n) is 9.28. The molecule has 3 amide bonds. The van der Waals surface area contributed by atoms with E-state index in [4.69, 9.17) is 5.11 Å². The first kappa shape index (κ1) is 21.6. The number of carbonyl (C=O) groups is 3. The van der Waals surface area contributed by atoms with Crippen LogP contribution in [0, 0.1) is 5.82 Å². The molecule has 1 saturated heterocycles. The Morgan fingerprint density at radius 1 is 1.21 bits per heavy atom. The van der Waals surface area contributed by atoms with Crippen LogP contribution in [0.4, 0.5) is 9.18 Å². The summed E-state index contributed by atoms with van der Waals surface area (Å²) in [5.41, 5.74) is -1.09. The Hall–Kier alpha value is -2.68. The number of likely N-dealkylation sites (tertiary alicyclic amines) is 1. The van der Waals surface area contributed by atoms with Gasteiger partial charge in [0.1, 0.15) is 11.9 Å². The van der Waals surface area contributed by atoms with Crippen molar-refractivity contribution in [3.05, 3.63) is 35.6 Å². The highest BCUT2D eigenvalue weighted by Crippen LogP contribution is 2.23. The molecule has 0 spiro atoms. The van der Waals surface area contributed by atoms with E-state index in [1.807, 2.05) is 6.92 Å². The van der Waals surface area contributed by atoms with E-state index in [0.29, 0.717) is 12.8 Å². The summed E-state index contributed by atoms with van der Waals surface area (Å²) in [7, 11) is 0. The maximum atomic E-state index is 12.9. The van der Waals surface area contributed by atoms with E-state index in [2.05, 4.69) is 10.6 Å². The second-order valence-corrected chi connectivity index (χ2v) is 6.96. The number of aliphatic hydroxyl groups is 1. The number of hydrogen-bond donors (Lipinski definition) is 4. The topological polar surface area (TPSA) is 119 Å². The number of carboxylic acid groups (broad SMARTS) is 1. The highest BCUT2D eigenvalue weighted by molar-refractivity contribution is 5.87. The zero-order valence-corrected chi connectivity index (χ0v) is 15.8. The highest BCUT2D eigenvalue weighted by atomic mass is 19.1. The molecule has 0 aromatic heterocycles. The molecule has 1 fully saturated rings. The molecule has 1 aromatic carbocycles. The summed E-state index contributed by atoms with van der Waals surface area (Å²) in [6.07, 6.45) is 0.997. The molecule has 1 aliphatic rings. The van der Waals surface area contributed by atoms with Gasteiger partial charge in [0.2, 0.25) is 5.91 Å². The van der Waals surface area contributed by atoms with Crippen molar-refractivity contribution < 1.29 is 29.0 Å². The third kappa shape index (κ3) is 5.66. The van der Waals surface area contributed by atoms with Gasteiger partial charge in [0, 0.05) is 32.5 Å². The fourth-order valence-electron chi connectivity index (χ4n) is 3.07. The minimum atomic E-state index is -1.81. The van der Waals surface area contributed by atoms with Crippen LogP contribution in [0.3, 0.4) is 0 Å². The molecular formula is C19H26FN3O5. The fourth-order valence-corrected chi connectivity index (χ4v) is 3.07. The monoisotopic (exact) mass is 395 g/mol. The number of urea groups is 1. The number of halogens is 1. The maximum Gasteiger partial charge on any atom is 0.335 e. The van der Waals surface area contributed by atoms with Gasteiger partial charge in [-0.05, 0) is 24.1 Å². The molecule has 0 bridgehead atoms. The Morgan fingerprint density at radius 3 is 2.36 bits per heavy atom. The normalized spacial score (nSPS) is 16.9. The van der Waals surface area contributed by atoms with Crippen molar-refractivity contribution in [3.8, 4) is 0 Å². The van der Waals surface area contributed by atoms with Crippen molar-refractivity contribution >= 4 is 17.9 Å². The summed E-state index contributed by atoms with van der Waals surface area (Å²) < 4.78 is 12.9. The molecule has 28 heavy (non-hydrogen) atoms. The van der Waals surface area contributed by atoms with E-state index >= 15 is 0 Å². The highest BCUT2D eigenvalue weighted by Gasteiger charge is 2.41. The molecule has 9 heteroatoms. The van der Waals surface area contributed by atoms with Gasteiger partial charge in [-0.2, -0.15) is 0 Å². The summed E-state index contributed by atoms with van der Waals surface area (Å²) >= 11 is 0. The van der Waals surface area contributed by atoms with Gasteiger partial charge in [-0.25, -0.2) is 14.0 Å². The van der Waals surface area contributed by atoms with Gasteiger partial charge in [0.05, 0.1) is 0 Å². The molecular weight excluding hydrogens is 369 g/mol. The van der Waals surface area contributed by atoms with Crippen LogP contribution in [0.25, 0.3) is 0 Å². The van der Waals surface area contributed by atoms with Crippen molar-refractivity contribution in [1.82, 2.24) is 15.5 Å². The molecule has 154 valence electrons. The van der Waals surface area contributed by atoms with Crippen LogP contribution in [-0.4, -0.2) is 57.8 Å². The number of benzene rings is 1. The van der Waals surface area contributed by atoms with Gasteiger partial charge in [0.15, 0.2) is 5.60 Å². The quantitative estimate of drug-likeness (QED) is 0.554. The zero-order valence-electron chi connectivity index (χ0n) is 15.8. The van der Waals surface area contributed by atoms with Gasteiger partial charge >= 0.3 is 12.0 Å². The van der Waals surface area contributed by atoms with Gasteiger partial charge in [0.25, 0.3) is 0 Å². The van der Waals surface area contributed by atoms with Gasteiger partial charge in [-0.15, -0.1) is 0 Å². The second-order valence-electron chi connectivity index (χ2n) is 6.96. The molecule has 1 atom stereocenters. The van der Waals surface area contributed by atoms with Crippen molar-refractivity contribution in [1.29, 1.82) is 0 Å². The lowest BCUT2D eigenvalue weighted by atomic mass is 9.91. The van der Waals surface area contributed by atoms with Gasteiger partial charge < -0.3 is 25.7 Å². The summed E-state index contributed by atoms with van der Waals surface area (Å²) in [5, 5.41) is 24.3. The average Bonchev–Trinajstić information content (AvgIpc) is 2.67. The zero-order chi connectivity index (χ0) is 20.7. The molecule has 1 unspecified atom stereocenters. The Balaban J connectivity index is 1.89. The smallest absolute Gasteiger partial charge is 0.335 e. The minimum absolute atomic E-state index is 0.0519. The Morgan fingerprint density at radius 2 is 1.82 bits per heavy atom. The van der Waals surface area contributed by atoms with E-state index in [0.717, 1.165) is 5.56 Å². The summed E-state index contributed by atoms with van der Waals surface area (Å²) in [4.78, 5) is 37.5. The molecule has 4 N–H and O–H groups in total. The van der Waals surface area contributed by atoms with Crippen LogP contribution >= 0.6 is 0 Å². The number of nitrogens with zero attached hydrogens (tertiary/aromatic N) is 1. The van der Waals surface area contributed by atoms with Crippen molar-refractivity contribution in [2.24, 2.45) is 0 Å². The van der Waals surface area contributed by atoms with Crippen molar-refractivity contribution in [2.75, 3.05) is 13.1 Å². The number of carbonyl (C=O) groups excluding carboxylic acids is 2. The molecule has 2 rings (SSSR count). The SMILES string of the molecule is CCCC(NC(=O)NCc1ccc(F)cc1)C(=O)N1CCC(O)(C(=O)O)CC1. The molecule has 0 saturated carbocycles. The van der Waals surface area contributed by atoms with E-state index in [1.54, 1.807) is 12.1 Å². The van der Waals surface area contributed by atoms with Gasteiger partial charge in [-0.3, -0.25) is 4.79 Å². The number of aliphatic carboxylic acids is 1. The second kappa shape index (κ2) is 9.50. The molecule has 1 heterocycles. The van der Waals surface area contributed by atoms with Crippen molar-refractivity contribution in [3.63, 3.8) is 0 Å². The van der Waals surface area contributed by atoms with Crippen LogP contribution < -0.4 is 10.6 Å². The van der Waals surface area contributed by atoms with Crippen LogP contribution in [0.2, 0.25) is 0 Å². The van der Waals surface area contributed by atoms with Crippen LogP contribution in [-0.2, 0) is 16.1 Å². The Kier molecular flexibility index (Phi) is 7.33. The summed E-state index contributed by atoms with van der Waals surface area (Å²) in [6, 6.07) is 4.45. The van der Waals surface area contributed by atoms with Crippen LogP contribution in [0.1, 0.15) is 38.2 Å². The third-order valence-electron chi connectivity index (χ3n) is 4.85. The summed E-state index contributed by atoms with van der Waals surface area (Å²) in [5.74, 6) is -1.95. The lowest BCUT2D eigenvalue weighted by Gasteiger charge is -2.37. The predicted molar refractivity (Wildman–Crippen MR) is 98.9 cm³/mol. The lowest BCUT2D eigenvalue weighted by molar-refractivity contribution is -0.165. The predicted octanol–water partition coefficient (Wildman–Crippen LogP) is 1.23. The number of hydrogen-bond acceptors (Lipinski definition) is 4. The van der Waals surface area contributed by atoms with E-state index < -0.39 is 23.6 Å². The number of rotatable bonds is 7. The van der Waals surface area contributed by atoms with E-state index in [-0.39, 0.29) is 44.2 Å². The number of carboxylic acids is 1. The minimum Gasteiger partial charge on any atom is -0.479 e. The lowest BCUT2D eigenvalue weighted by Crippen LogP contribution is -2.56. The standard InChI is InChI=1S/C19H26FN3O5/c1-2-3-15(16(24)23-10-8-19(28,9-11-23)17(25)26)22-18(27)21-12-13-4-6-14(20)7-5-13/h4-7,15,28H,2-3,8-12H2,1H3,(H,25,26)(H2,21,22,27). The molecule has 1 aliphatic heterocycles. The Bertz CT molecular complexity index is 702. The van der Waals surface area contributed by atoms with Crippen LogP contribution in [0.5, 0.6) is 0 Å². The number of nitrogens with one attached hydrogen (secondary N) is 2. The largest absolute Gasteiger partial charge is 0.479 e. The molecule has 8 nitrogen and oxygen atoms in total. The number of amides is 3. The average molecular weight is 395 g/mol. The van der Waals surface area contributed by atoms with Gasteiger partial charge in [-0.1, -0.05) is 25.5 Å². The first-order valence-corrected chi connectivity index (χ1v) is 9.28. The number of piperidine rings is 1. The van der Waals surface area contributed by atoms with E-state index in [1.165, 1.54) is 17.0 Å². The van der Waals surface area contributed by atoms with Crippen molar-refractivity contribution in [2.45, 2.75) is 50.8 Å². The van der Waals surface area contributed by atoms with E-state index in [9.17, 15) is 23.9 Å². The molecule has 0 aliphatic carbocycles.